The van der Waals surface area contributed by atoms with Crippen LogP contribution in [-0.4, -0.2) is 31.6 Å². The Morgan fingerprint density at radius 2 is 2.10 bits per heavy atom. The molecule has 0 radical (unpaired) electrons. The van der Waals surface area contributed by atoms with E-state index in [1.54, 1.807) is 0 Å². The number of aromatic carboxylic acids is 1. The predicted octanol–water partition coefficient (Wildman–Crippen LogP) is 1.66. The SMILES string of the molecule is COc1cc(NS(=O)(=O)c2c[nH]c(C(=O)O)c2)ccc1F. The van der Waals surface area contributed by atoms with Gasteiger partial charge in [0.2, 0.25) is 0 Å². The molecule has 0 amide bonds. The van der Waals surface area contributed by atoms with Crippen LogP contribution >= 0.6 is 0 Å². The van der Waals surface area contributed by atoms with Crippen molar-refractivity contribution in [3.05, 3.63) is 42.0 Å². The number of hydrogen-bond donors (Lipinski definition) is 3. The number of sulfonamides is 1. The third-order valence-corrected chi connectivity index (χ3v) is 3.96. The van der Waals surface area contributed by atoms with Crippen molar-refractivity contribution in [2.24, 2.45) is 0 Å². The number of carbonyl (C=O) groups is 1. The van der Waals surface area contributed by atoms with E-state index in [1.807, 2.05) is 0 Å². The minimum atomic E-state index is -3.99. The summed E-state index contributed by atoms with van der Waals surface area (Å²) in [4.78, 5) is 12.8. The van der Waals surface area contributed by atoms with Crippen LogP contribution in [0.3, 0.4) is 0 Å². The number of nitrogens with one attached hydrogen (secondary N) is 2. The average molecular weight is 314 g/mol. The number of carboxylic acids is 1. The molecule has 112 valence electrons. The Bertz CT molecular complexity index is 785. The van der Waals surface area contributed by atoms with E-state index in [1.165, 1.54) is 19.2 Å². The summed E-state index contributed by atoms with van der Waals surface area (Å²) in [6, 6.07) is 4.43. The highest BCUT2D eigenvalue weighted by atomic mass is 32.2. The number of halogens is 1. The Morgan fingerprint density at radius 1 is 1.38 bits per heavy atom. The van der Waals surface area contributed by atoms with Crippen molar-refractivity contribution in [2.45, 2.75) is 4.90 Å². The highest BCUT2D eigenvalue weighted by Crippen LogP contribution is 2.24. The van der Waals surface area contributed by atoms with Crippen LogP contribution in [0.1, 0.15) is 10.5 Å². The molecule has 1 heterocycles. The third-order valence-electron chi connectivity index (χ3n) is 2.60. The van der Waals surface area contributed by atoms with Gasteiger partial charge in [0, 0.05) is 12.3 Å². The van der Waals surface area contributed by atoms with Crippen molar-refractivity contribution < 1.29 is 27.4 Å². The number of methoxy groups -OCH3 is 1. The van der Waals surface area contributed by atoms with Gasteiger partial charge in [0.15, 0.2) is 11.6 Å². The van der Waals surface area contributed by atoms with E-state index < -0.39 is 21.8 Å². The van der Waals surface area contributed by atoms with Gasteiger partial charge in [0.25, 0.3) is 10.0 Å². The van der Waals surface area contributed by atoms with Crippen molar-refractivity contribution in [1.29, 1.82) is 0 Å². The maximum Gasteiger partial charge on any atom is 0.352 e. The molecule has 0 saturated carbocycles. The maximum absolute atomic E-state index is 13.2. The van der Waals surface area contributed by atoms with Gasteiger partial charge in [-0.2, -0.15) is 0 Å². The molecular formula is C12H11FN2O5S. The molecule has 0 saturated heterocycles. The number of aromatic amines is 1. The van der Waals surface area contributed by atoms with Crippen LogP contribution in [0.25, 0.3) is 0 Å². The Hall–Kier alpha value is -2.55. The van der Waals surface area contributed by atoms with Crippen LogP contribution in [-0.2, 0) is 10.0 Å². The fourth-order valence-electron chi connectivity index (χ4n) is 1.59. The summed E-state index contributed by atoms with van der Waals surface area (Å²) < 4.78 is 44.3. The quantitative estimate of drug-likeness (QED) is 0.778. The van der Waals surface area contributed by atoms with Gasteiger partial charge in [-0.15, -0.1) is 0 Å². The summed E-state index contributed by atoms with van der Waals surface area (Å²) in [7, 11) is -2.73. The number of aromatic nitrogens is 1. The predicted molar refractivity (Wildman–Crippen MR) is 71.5 cm³/mol. The second-order valence-electron chi connectivity index (χ2n) is 4.01. The smallest absolute Gasteiger partial charge is 0.352 e. The van der Waals surface area contributed by atoms with Crippen LogP contribution in [0.15, 0.2) is 35.4 Å². The normalized spacial score (nSPS) is 11.1. The molecule has 0 aliphatic carbocycles. The van der Waals surface area contributed by atoms with Crippen molar-refractivity contribution in [2.75, 3.05) is 11.8 Å². The Balaban J connectivity index is 2.30. The molecule has 1 aromatic carbocycles. The highest BCUT2D eigenvalue weighted by molar-refractivity contribution is 7.92. The fourth-order valence-corrected chi connectivity index (χ4v) is 2.63. The van der Waals surface area contributed by atoms with Crippen LogP contribution < -0.4 is 9.46 Å². The molecule has 0 atom stereocenters. The molecule has 0 unspecified atom stereocenters. The van der Waals surface area contributed by atoms with E-state index in [-0.39, 0.29) is 22.0 Å². The number of benzene rings is 1. The molecule has 0 bridgehead atoms. The van der Waals surface area contributed by atoms with E-state index in [2.05, 4.69) is 9.71 Å². The van der Waals surface area contributed by atoms with E-state index in [0.717, 1.165) is 18.3 Å². The van der Waals surface area contributed by atoms with Gasteiger partial charge in [0.1, 0.15) is 10.6 Å². The monoisotopic (exact) mass is 314 g/mol. The molecule has 7 nitrogen and oxygen atoms in total. The number of anilines is 1. The zero-order valence-electron chi connectivity index (χ0n) is 10.8. The van der Waals surface area contributed by atoms with E-state index in [9.17, 15) is 17.6 Å². The second-order valence-corrected chi connectivity index (χ2v) is 5.69. The summed E-state index contributed by atoms with van der Waals surface area (Å²) in [5.74, 6) is -2.02. The van der Waals surface area contributed by atoms with Gasteiger partial charge in [-0.1, -0.05) is 0 Å². The summed E-state index contributed by atoms with van der Waals surface area (Å²) >= 11 is 0. The van der Waals surface area contributed by atoms with Gasteiger partial charge in [-0.25, -0.2) is 17.6 Å². The summed E-state index contributed by atoms with van der Waals surface area (Å²) in [6.45, 7) is 0. The first-order valence-corrected chi connectivity index (χ1v) is 7.10. The van der Waals surface area contributed by atoms with Crippen molar-refractivity contribution >= 4 is 21.7 Å². The lowest BCUT2D eigenvalue weighted by Gasteiger charge is -2.08. The molecule has 9 heteroatoms. The first-order valence-electron chi connectivity index (χ1n) is 5.61. The topological polar surface area (TPSA) is 108 Å². The lowest BCUT2D eigenvalue weighted by molar-refractivity contribution is 0.0691. The molecule has 2 rings (SSSR count). The standard InChI is InChI=1S/C12H11FN2O5S/c1-20-11-4-7(2-3-9(11)13)15-21(18,19)8-5-10(12(16)17)14-6-8/h2-6,14-15H,1H3,(H,16,17). The Kier molecular flexibility index (Phi) is 3.85. The summed E-state index contributed by atoms with van der Waals surface area (Å²) in [5.41, 5.74) is -0.168. The van der Waals surface area contributed by atoms with Crippen molar-refractivity contribution in [1.82, 2.24) is 4.98 Å². The molecule has 21 heavy (non-hydrogen) atoms. The second kappa shape index (κ2) is 5.44. The number of ether oxygens (including phenoxy) is 1. The zero-order chi connectivity index (χ0) is 15.6. The molecule has 1 aromatic heterocycles. The number of hydrogen-bond acceptors (Lipinski definition) is 4. The van der Waals surface area contributed by atoms with E-state index in [0.29, 0.717) is 0 Å². The Labute approximate surface area is 119 Å². The lowest BCUT2D eigenvalue weighted by Crippen LogP contribution is -2.12. The minimum Gasteiger partial charge on any atom is -0.494 e. The Morgan fingerprint density at radius 3 is 2.67 bits per heavy atom. The molecule has 0 fully saturated rings. The van der Waals surface area contributed by atoms with E-state index >= 15 is 0 Å². The minimum absolute atomic E-state index is 0.0892. The van der Waals surface area contributed by atoms with Gasteiger partial charge >= 0.3 is 5.97 Å². The summed E-state index contributed by atoms with van der Waals surface area (Å²) in [5, 5.41) is 8.75. The first-order chi connectivity index (χ1) is 9.83. The zero-order valence-corrected chi connectivity index (χ0v) is 11.6. The van der Waals surface area contributed by atoms with Crippen molar-refractivity contribution in [3.63, 3.8) is 0 Å². The van der Waals surface area contributed by atoms with Gasteiger partial charge in [-0.05, 0) is 18.2 Å². The largest absolute Gasteiger partial charge is 0.494 e. The lowest BCUT2D eigenvalue weighted by atomic mass is 10.3. The van der Waals surface area contributed by atoms with Crippen LogP contribution in [0, 0.1) is 5.82 Å². The van der Waals surface area contributed by atoms with Crippen LogP contribution in [0.5, 0.6) is 5.75 Å². The molecule has 0 aliphatic rings. The highest BCUT2D eigenvalue weighted by Gasteiger charge is 2.19. The molecule has 0 aliphatic heterocycles. The number of H-pyrrole nitrogens is 1. The van der Waals surface area contributed by atoms with Crippen LogP contribution in [0.2, 0.25) is 0 Å². The van der Waals surface area contributed by atoms with Gasteiger partial charge < -0.3 is 14.8 Å². The van der Waals surface area contributed by atoms with Crippen molar-refractivity contribution in [3.8, 4) is 5.75 Å². The first kappa shape index (κ1) is 14.9. The molecule has 2 aromatic rings. The third kappa shape index (κ3) is 3.14. The van der Waals surface area contributed by atoms with Gasteiger partial charge in [0.05, 0.1) is 12.8 Å². The fraction of sp³-hybridized carbons (Fsp3) is 0.0833. The maximum atomic E-state index is 13.2. The number of carboxylic acid groups (broad SMARTS) is 1. The molecule has 3 N–H and O–H groups in total. The van der Waals surface area contributed by atoms with Gasteiger partial charge in [-0.3, -0.25) is 4.72 Å². The number of rotatable bonds is 5. The average Bonchev–Trinajstić information content (AvgIpc) is 2.91. The van der Waals surface area contributed by atoms with Crippen LogP contribution in [0.4, 0.5) is 10.1 Å². The molecular weight excluding hydrogens is 303 g/mol. The summed E-state index contributed by atoms with van der Waals surface area (Å²) in [6.07, 6.45) is 1.05. The van der Waals surface area contributed by atoms with E-state index in [4.69, 9.17) is 9.84 Å². The molecule has 0 spiro atoms.